The Bertz CT molecular complexity index is 1300. The summed E-state index contributed by atoms with van der Waals surface area (Å²) in [4.78, 5) is 13.5. The molecule has 3 nitrogen and oxygen atoms in total. The second kappa shape index (κ2) is 12.3. The van der Waals surface area contributed by atoms with E-state index in [1.54, 1.807) is 24.3 Å². The molecule has 4 rings (SSSR count). The maximum absolute atomic E-state index is 13.0. The highest BCUT2D eigenvalue weighted by Gasteiger charge is 2.30. The number of alkyl halides is 3. The Kier molecular flexibility index (Phi) is 8.92. The molecule has 0 saturated heterocycles. The fourth-order valence-electron chi connectivity index (χ4n) is 3.61. The summed E-state index contributed by atoms with van der Waals surface area (Å²) in [7, 11) is 0. The number of benzene rings is 4. The van der Waals surface area contributed by atoms with Gasteiger partial charge >= 0.3 is 6.18 Å². The SMILES string of the molecule is O=C(NCc1ccccc1)c1ccc(CN(Cc2ccc(C(F)(F)F)cc2)Sc2ccc(Cl)cc2)cc1. The minimum Gasteiger partial charge on any atom is -0.348 e. The van der Waals surface area contributed by atoms with Gasteiger partial charge < -0.3 is 5.32 Å². The van der Waals surface area contributed by atoms with Crippen LogP contribution in [0.2, 0.25) is 5.02 Å². The van der Waals surface area contributed by atoms with Crippen molar-refractivity contribution in [2.24, 2.45) is 0 Å². The van der Waals surface area contributed by atoms with Crippen molar-refractivity contribution >= 4 is 29.5 Å². The average molecular weight is 541 g/mol. The first-order valence-corrected chi connectivity index (χ1v) is 12.7. The smallest absolute Gasteiger partial charge is 0.348 e. The Morgan fingerprint density at radius 3 is 1.89 bits per heavy atom. The summed E-state index contributed by atoms with van der Waals surface area (Å²) in [6, 6.07) is 29.6. The Morgan fingerprint density at radius 2 is 1.32 bits per heavy atom. The van der Waals surface area contributed by atoms with E-state index < -0.39 is 11.7 Å². The fraction of sp³-hybridized carbons (Fsp3) is 0.138. The number of hydrogen-bond acceptors (Lipinski definition) is 3. The van der Waals surface area contributed by atoms with Crippen molar-refractivity contribution in [3.63, 3.8) is 0 Å². The van der Waals surface area contributed by atoms with Crippen LogP contribution in [0.25, 0.3) is 0 Å². The lowest BCUT2D eigenvalue weighted by Gasteiger charge is -2.22. The van der Waals surface area contributed by atoms with Gasteiger partial charge in [-0.05, 0) is 77.2 Å². The lowest BCUT2D eigenvalue weighted by Crippen LogP contribution is -2.22. The van der Waals surface area contributed by atoms with E-state index in [4.69, 9.17) is 11.6 Å². The summed E-state index contributed by atoms with van der Waals surface area (Å²) in [6.07, 6.45) is -4.37. The first-order chi connectivity index (χ1) is 17.8. The van der Waals surface area contributed by atoms with Crippen LogP contribution in [0.5, 0.6) is 0 Å². The second-order valence-corrected chi connectivity index (χ2v) is 10.0. The molecule has 0 aliphatic carbocycles. The number of nitrogens with zero attached hydrogens (tertiary/aromatic N) is 1. The standard InChI is InChI=1S/C29H24ClF3N2OS/c30-26-14-16-27(17-15-26)37-35(20-23-8-12-25(13-9-23)29(31,32)33)19-22-6-10-24(11-7-22)28(36)34-18-21-4-2-1-3-5-21/h1-17H,18-20H2,(H,34,36). The third kappa shape index (κ3) is 8.12. The van der Waals surface area contributed by atoms with Crippen molar-refractivity contribution in [1.82, 2.24) is 9.62 Å². The van der Waals surface area contributed by atoms with Crippen molar-refractivity contribution < 1.29 is 18.0 Å². The van der Waals surface area contributed by atoms with Gasteiger partial charge in [-0.2, -0.15) is 13.2 Å². The highest BCUT2D eigenvalue weighted by Crippen LogP contribution is 2.31. The highest BCUT2D eigenvalue weighted by atomic mass is 35.5. The zero-order valence-electron chi connectivity index (χ0n) is 19.7. The number of rotatable bonds is 9. The predicted octanol–water partition coefficient (Wildman–Crippen LogP) is 8.00. The largest absolute Gasteiger partial charge is 0.416 e. The number of halogens is 4. The summed E-state index contributed by atoms with van der Waals surface area (Å²) < 4.78 is 40.9. The molecule has 0 radical (unpaired) electrons. The Balaban J connectivity index is 1.44. The van der Waals surface area contributed by atoms with Crippen molar-refractivity contribution in [2.45, 2.75) is 30.7 Å². The molecule has 0 bridgehead atoms. The molecule has 0 aromatic heterocycles. The van der Waals surface area contributed by atoms with Crippen molar-refractivity contribution in [1.29, 1.82) is 0 Å². The van der Waals surface area contributed by atoms with E-state index in [-0.39, 0.29) is 5.91 Å². The third-order valence-electron chi connectivity index (χ3n) is 5.56. The van der Waals surface area contributed by atoms with Gasteiger partial charge in [0.25, 0.3) is 5.91 Å². The van der Waals surface area contributed by atoms with E-state index in [0.717, 1.165) is 33.7 Å². The van der Waals surface area contributed by atoms with Crippen LogP contribution in [0, 0.1) is 0 Å². The van der Waals surface area contributed by atoms with Crippen LogP contribution in [-0.4, -0.2) is 10.2 Å². The molecule has 0 saturated carbocycles. The monoisotopic (exact) mass is 540 g/mol. The van der Waals surface area contributed by atoms with Crippen LogP contribution in [0.1, 0.15) is 32.6 Å². The van der Waals surface area contributed by atoms with Crippen LogP contribution in [0.15, 0.2) is 108 Å². The molecule has 0 atom stereocenters. The van der Waals surface area contributed by atoms with Crippen molar-refractivity contribution in [2.75, 3.05) is 0 Å². The van der Waals surface area contributed by atoms with Gasteiger partial charge in [-0.15, -0.1) is 0 Å². The molecule has 190 valence electrons. The Labute approximate surface area is 223 Å². The quantitative estimate of drug-likeness (QED) is 0.218. The molecule has 37 heavy (non-hydrogen) atoms. The van der Waals surface area contributed by atoms with Gasteiger partial charge in [0.1, 0.15) is 0 Å². The van der Waals surface area contributed by atoms with E-state index in [2.05, 4.69) is 9.62 Å². The lowest BCUT2D eigenvalue weighted by molar-refractivity contribution is -0.137. The molecule has 1 N–H and O–H groups in total. The summed E-state index contributed by atoms with van der Waals surface area (Å²) in [6.45, 7) is 1.38. The average Bonchev–Trinajstić information content (AvgIpc) is 2.89. The Hall–Kier alpha value is -3.26. The van der Waals surface area contributed by atoms with E-state index in [0.29, 0.717) is 30.2 Å². The van der Waals surface area contributed by atoms with Crippen LogP contribution in [0.4, 0.5) is 13.2 Å². The number of carbonyl (C=O) groups is 1. The molecule has 0 aliphatic rings. The molecule has 0 unspecified atom stereocenters. The van der Waals surface area contributed by atoms with Gasteiger partial charge in [0.05, 0.1) is 5.56 Å². The van der Waals surface area contributed by atoms with Gasteiger partial charge in [-0.1, -0.05) is 66.2 Å². The van der Waals surface area contributed by atoms with E-state index in [1.807, 2.05) is 54.6 Å². The van der Waals surface area contributed by atoms with Gasteiger partial charge in [0, 0.05) is 35.1 Å². The summed E-state index contributed by atoms with van der Waals surface area (Å²) in [5.41, 5.74) is 2.62. The van der Waals surface area contributed by atoms with Crippen LogP contribution < -0.4 is 5.32 Å². The molecule has 0 heterocycles. The first-order valence-electron chi connectivity index (χ1n) is 11.5. The maximum atomic E-state index is 13.0. The minimum absolute atomic E-state index is 0.160. The molecule has 1 amide bonds. The zero-order valence-corrected chi connectivity index (χ0v) is 21.3. The van der Waals surface area contributed by atoms with Crippen molar-refractivity contribution in [3.05, 3.63) is 136 Å². The molecular weight excluding hydrogens is 517 g/mol. The summed E-state index contributed by atoms with van der Waals surface area (Å²) in [5.74, 6) is -0.160. The van der Waals surface area contributed by atoms with Crippen LogP contribution in [0.3, 0.4) is 0 Å². The highest BCUT2D eigenvalue weighted by molar-refractivity contribution is 7.97. The molecular formula is C29H24ClF3N2OS. The molecule has 0 spiro atoms. The fourth-order valence-corrected chi connectivity index (χ4v) is 4.72. The van der Waals surface area contributed by atoms with Gasteiger partial charge in [-0.25, -0.2) is 4.31 Å². The zero-order chi connectivity index (χ0) is 26.3. The van der Waals surface area contributed by atoms with Gasteiger partial charge in [0.15, 0.2) is 0 Å². The minimum atomic E-state index is -4.37. The second-order valence-electron chi connectivity index (χ2n) is 8.40. The van der Waals surface area contributed by atoms with E-state index in [1.165, 1.54) is 24.1 Å². The molecule has 4 aromatic rings. The lowest BCUT2D eigenvalue weighted by atomic mass is 10.1. The molecule has 4 aromatic carbocycles. The van der Waals surface area contributed by atoms with Crippen LogP contribution >= 0.6 is 23.5 Å². The van der Waals surface area contributed by atoms with Crippen molar-refractivity contribution in [3.8, 4) is 0 Å². The first kappa shape index (κ1) is 26.8. The summed E-state index contributed by atoms with van der Waals surface area (Å²) >= 11 is 7.50. The predicted molar refractivity (Wildman–Crippen MR) is 142 cm³/mol. The van der Waals surface area contributed by atoms with E-state index >= 15 is 0 Å². The van der Waals surface area contributed by atoms with E-state index in [9.17, 15) is 18.0 Å². The van der Waals surface area contributed by atoms with Gasteiger partial charge in [-0.3, -0.25) is 4.79 Å². The normalized spacial score (nSPS) is 11.5. The molecule has 0 fully saturated rings. The number of amides is 1. The maximum Gasteiger partial charge on any atom is 0.416 e. The number of carbonyl (C=O) groups excluding carboxylic acids is 1. The molecule has 8 heteroatoms. The van der Waals surface area contributed by atoms with Crippen LogP contribution in [-0.2, 0) is 25.8 Å². The number of nitrogens with one attached hydrogen (secondary N) is 1. The molecule has 0 aliphatic heterocycles. The topological polar surface area (TPSA) is 32.3 Å². The number of hydrogen-bond donors (Lipinski definition) is 1. The summed E-state index contributed by atoms with van der Waals surface area (Å²) in [5, 5.41) is 3.54. The Morgan fingerprint density at radius 1 is 0.757 bits per heavy atom. The third-order valence-corrected chi connectivity index (χ3v) is 6.81. The van der Waals surface area contributed by atoms with Gasteiger partial charge in [0.2, 0.25) is 0 Å².